The number of halogens is 1. The molecule has 0 aliphatic rings. The number of nitrogens with zero attached hydrogens (tertiary/aromatic N) is 1. The van der Waals surface area contributed by atoms with Gasteiger partial charge >= 0.3 is 0 Å². The topological polar surface area (TPSA) is 41.5 Å². The zero-order valence-corrected chi connectivity index (χ0v) is 12.3. The smallest absolute Gasteiger partial charge is 0.240 e. The molecule has 0 aliphatic carbocycles. The van der Waals surface area contributed by atoms with Crippen LogP contribution >= 0.6 is 11.6 Å². The number of hydrazone groups is 1. The summed E-state index contributed by atoms with van der Waals surface area (Å²) in [5, 5.41) is 4.86. The van der Waals surface area contributed by atoms with E-state index in [1.54, 1.807) is 0 Å². The first-order valence-electron chi connectivity index (χ1n) is 6.78. The second-order valence-electron chi connectivity index (χ2n) is 4.41. The molecule has 19 heavy (non-hydrogen) atoms. The van der Waals surface area contributed by atoms with Crippen LogP contribution in [-0.2, 0) is 4.79 Å². The Morgan fingerprint density at radius 1 is 1.32 bits per heavy atom. The lowest BCUT2D eigenvalue weighted by atomic mass is 10.1. The summed E-state index contributed by atoms with van der Waals surface area (Å²) in [5.41, 5.74) is 4.40. The van der Waals surface area contributed by atoms with E-state index in [0.29, 0.717) is 11.4 Å². The van der Waals surface area contributed by atoms with E-state index in [9.17, 15) is 4.79 Å². The van der Waals surface area contributed by atoms with Gasteiger partial charge < -0.3 is 0 Å². The summed E-state index contributed by atoms with van der Waals surface area (Å²) in [4.78, 5) is 11.6. The summed E-state index contributed by atoms with van der Waals surface area (Å²) >= 11 is 5.95. The van der Waals surface area contributed by atoms with Crippen LogP contribution in [0.2, 0.25) is 5.02 Å². The van der Waals surface area contributed by atoms with E-state index in [-0.39, 0.29) is 5.91 Å². The van der Waals surface area contributed by atoms with Crippen LogP contribution in [0.4, 0.5) is 0 Å². The Labute approximate surface area is 120 Å². The number of carbonyl (C=O) groups is 1. The summed E-state index contributed by atoms with van der Waals surface area (Å²) in [6, 6.07) is 7.50. The number of nitrogens with one attached hydrogen (secondary N) is 1. The zero-order valence-electron chi connectivity index (χ0n) is 11.6. The molecule has 3 nitrogen and oxygen atoms in total. The van der Waals surface area contributed by atoms with E-state index in [4.69, 9.17) is 11.6 Å². The van der Waals surface area contributed by atoms with E-state index in [1.165, 1.54) is 0 Å². The lowest BCUT2D eigenvalue weighted by Gasteiger charge is -2.05. The predicted molar refractivity (Wildman–Crippen MR) is 80.6 cm³/mol. The zero-order chi connectivity index (χ0) is 14.1. The largest absolute Gasteiger partial charge is 0.273 e. The molecule has 1 amide bonds. The summed E-state index contributed by atoms with van der Waals surface area (Å²) in [6.45, 7) is 4.12. The fourth-order valence-corrected chi connectivity index (χ4v) is 1.93. The van der Waals surface area contributed by atoms with Crippen molar-refractivity contribution in [3.05, 3.63) is 34.9 Å². The Balaban J connectivity index is 2.59. The minimum atomic E-state index is -0.0265. The molecular formula is C15H21ClN2O. The minimum absolute atomic E-state index is 0.0265. The third-order valence-electron chi connectivity index (χ3n) is 2.82. The lowest BCUT2D eigenvalue weighted by molar-refractivity contribution is -0.121. The highest BCUT2D eigenvalue weighted by atomic mass is 35.5. The number of carbonyl (C=O) groups excluding carboxylic acids is 1. The third kappa shape index (κ3) is 5.88. The number of hydrogen-bond acceptors (Lipinski definition) is 2. The highest BCUT2D eigenvalue weighted by Gasteiger charge is 2.04. The average molecular weight is 281 g/mol. The van der Waals surface area contributed by atoms with Crippen molar-refractivity contribution in [2.45, 2.75) is 46.0 Å². The summed E-state index contributed by atoms with van der Waals surface area (Å²) in [5.74, 6) is -0.0265. The summed E-state index contributed by atoms with van der Waals surface area (Å²) < 4.78 is 0. The molecule has 0 aliphatic heterocycles. The van der Waals surface area contributed by atoms with Gasteiger partial charge in [-0.05, 0) is 30.5 Å². The van der Waals surface area contributed by atoms with Gasteiger partial charge in [0.15, 0.2) is 0 Å². The highest BCUT2D eigenvalue weighted by Crippen LogP contribution is 2.12. The normalized spacial score (nSPS) is 11.4. The summed E-state index contributed by atoms with van der Waals surface area (Å²) in [7, 11) is 0. The molecule has 1 N–H and O–H groups in total. The maximum Gasteiger partial charge on any atom is 0.240 e. The number of unbranched alkanes of at least 4 members (excludes halogenated alkanes) is 2. The van der Waals surface area contributed by atoms with Crippen LogP contribution in [0.1, 0.15) is 51.5 Å². The molecule has 0 unspecified atom stereocenters. The van der Waals surface area contributed by atoms with Crippen LogP contribution in [0.3, 0.4) is 0 Å². The number of benzene rings is 1. The molecule has 0 bridgehead atoms. The van der Waals surface area contributed by atoms with Crippen molar-refractivity contribution in [1.82, 2.24) is 5.43 Å². The maximum absolute atomic E-state index is 11.6. The van der Waals surface area contributed by atoms with Crippen molar-refractivity contribution in [2.75, 3.05) is 0 Å². The molecule has 0 spiro atoms. The minimum Gasteiger partial charge on any atom is -0.273 e. The third-order valence-corrected chi connectivity index (χ3v) is 3.05. The fourth-order valence-electron chi connectivity index (χ4n) is 1.74. The molecule has 1 aromatic rings. The van der Waals surface area contributed by atoms with Gasteiger partial charge in [-0.15, -0.1) is 0 Å². The summed E-state index contributed by atoms with van der Waals surface area (Å²) in [6.07, 6.45) is 4.38. The van der Waals surface area contributed by atoms with Crippen molar-refractivity contribution in [2.24, 2.45) is 5.10 Å². The van der Waals surface area contributed by atoms with Crippen LogP contribution in [-0.4, -0.2) is 11.6 Å². The van der Waals surface area contributed by atoms with E-state index in [2.05, 4.69) is 17.5 Å². The first-order chi connectivity index (χ1) is 9.17. The quantitative estimate of drug-likeness (QED) is 0.455. The molecule has 0 heterocycles. The van der Waals surface area contributed by atoms with Crippen LogP contribution < -0.4 is 5.43 Å². The molecule has 0 saturated carbocycles. The standard InChI is InChI=1S/C15H21ClN2O/c1-3-5-6-10-15(19)18-17-14(4-2)12-8-7-9-13(16)11-12/h7-9,11H,3-6,10H2,1-2H3,(H,18,19)/b17-14+. The van der Waals surface area contributed by atoms with Crippen molar-refractivity contribution < 1.29 is 4.79 Å². The fraction of sp³-hybridized carbons (Fsp3) is 0.467. The molecule has 1 aromatic carbocycles. The maximum atomic E-state index is 11.6. The van der Waals surface area contributed by atoms with Gasteiger partial charge in [0.05, 0.1) is 5.71 Å². The predicted octanol–water partition coefficient (Wildman–Crippen LogP) is 4.15. The molecular weight excluding hydrogens is 260 g/mol. The van der Waals surface area contributed by atoms with Gasteiger partial charge in [0, 0.05) is 11.4 Å². The van der Waals surface area contributed by atoms with Gasteiger partial charge in [-0.25, -0.2) is 5.43 Å². The van der Waals surface area contributed by atoms with Crippen LogP contribution in [0, 0.1) is 0 Å². The molecule has 0 fully saturated rings. The molecule has 0 atom stereocenters. The van der Waals surface area contributed by atoms with Gasteiger partial charge in [0.1, 0.15) is 0 Å². The van der Waals surface area contributed by atoms with Gasteiger partial charge in [0.25, 0.3) is 0 Å². The Bertz CT molecular complexity index is 444. The van der Waals surface area contributed by atoms with Crippen molar-refractivity contribution in [1.29, 1.82) is 0 Å². The van der Waals surface area contributed by atoms with Gasteiger partial charge in [-0.1, -0.05) is 50.4 Å². The van der Waals surface area contributed by atoms with Crippen molar-refractivity contribution >= 4 is 23.2 Å². The Hall–Kier alpha value is -1.35. The van der Waals surface area contributed by atoms with E-state index in [1.807, 2.05) is 31.2 Å². The first kappa shape index (κ1) is 15.7. The van der Waals surface area contributed by atoms with Gasteiger partial charge in [-0.2, -0.15) is 5.10 Å². The Kier molecular flexibility index (Phi) is 7.19. The molecule has 0 aromatic heterocycles. The first-order valence-corrected chi connectivity index (χ1v) is 7.16. The molecule has 0 saturated heterocycles. The average Bonchev–Trinajstić information content (AvgIpc) is 2.40. The van der Waals surface area contributed by atoms with E-state index < -0.39 is 0 Å². The number of amides is 1. The second-order valence-corrected chi connectivity index (χ2v) is 4.85. The SMILES string of the molecule is CCCCCC(=O)N/N=C(\CC)c1cccc(Cl)c1. The van der Waals surface area contributed by atoms with Crippen LogP contribution in [0.5, 0.6) is 0 Å². The van der Waals surface area contributed by atoms with Crippen molar-refractivity contribution in [3.8, 4) is 0 Å². The molecule has 0 radical (unpaired) electrons. The van der Waals surface area contributed by atoms with E-state index in [0.717, 1.165) is 37.0 Å². The lowest BCUT2D eigenvalue weighted by Crippen LogP contribution is -2.19. The highest BCUT2D eigenvalue weighted by molar-refractivity contribution is 6.31. The van der Waals surface area contributed by atoms with Gasteiger partial charge in [0.2, 0.25) is 5.91 Å². The second kappa shape index (κ2) is 8.70. The molecule has 104 valence electrons. The van der Waals surface area contributed by atoms with Crippen LogP contribution in [0.25, 0.3) is 0 Å². The number of rotatable bonds is 7. The van der Waals surface area contributed by atoms with Crippen LogP contribution in [0.15, 0.2) is 29.4 Å². The Morgan fingerprint density at radius 3 is 2.74 bits per heavy atom. The monoisotopic (exact) mass is 280 g/mol. The molecule has 4 heteroatoms. The molecule has 1 rings (SSSR count). The Morgan fingerprint density at radius 2 is 2.11 bits per heavy atom. The van der Waals surface area contributed by atoms with E-state index >= 15 is 0 Å². The number of hydrogen-bond donors (Lipinski definition) is 1. The van der Waals surface area contributed by atoms with Crippen molar-refractivity contribution in [3.63, 3.8) is 0 Å². The van der Waals surface area contributed by atoms with Gasteiger partial charge in [-0.3, -0.25) is 4.79 Å².